The fourth-order valence-electron chi connectivity index (χ4n) is 3.75. The predicted molar refractivity (Wildman–Crippen MR) is 106 cm³/mol. The van der Waals surface area contributed by atoms with E-state index in [1.54, 1.807) is 4.90 Å². The topological polar surface area (TPSA) is 69.6 Å². The molecule has 5 nitrogen and oxygen atoms in total. The summed E-state index contributed by atoms with van der Waals surface area (Å²) in [5.74, 6) is -0.295. The first-order chi connectivity index (χ1) is 12.6. The molecule has 1 aliphatic carbocycles. The van der Waals surface area contributed by atoms with Crippen LogP contribution in [0.4, 0.5) is 10.5 Å². The van der Waals surface area contributed by atoms with Crippen LogP contribution in [0.25, 0.3) is 0 Å². The number of urea groups is 1. The van der Waals surface area contributed by atoms with Crippen LogP contribution in [-0.4, -0.2) is 40.3 Å². The van der Waals surface area contributed by atoms with Crippen LogP contribution in [-0.2, 0) is 10.5 Å². The van der Waals surface area contributed by atoms with Crippen LogP contribution in [0, 0.1) is 5.92 Å². The van der Waals surface area contributed by atoms with Crippen LogP contribution in [0.2, 0.25) is 0 Å². The van der Waals surface area contributed by atoms with Crippen molar-refractivity contribution < 1.29 is 14.7 Å². The summed E-state index contributed by atoms with van der Waals surface area (Å²) in [6.45, 7) is 0.908. The molecular formula is C20H28N2O3S. The molecule has 1 atom stereocenters. The van der Waals surface area contributed by atoms with Crippen molar-refractivity contribution in [2.75, 3.05) is 18.4 Å². The zero-order chi connectivity index (χ0) is 18.4. The molecule has 3 rings (SSSR count). The van der Waals surface area contributed by atoms with Crippen LogP contribution in [0.15, 0.2) is 24.3 Å². The highest BCUT2D eigenvalue weighted by atomic mass is 32.2. The molecule has 1 aromatic rings. The number of carbonyl (C=O) groups excluding carboxylic acids is 1. The van der Waals surface area contributed by atoms with E-state index in [9.17, 15) is 9.59 Å². The van der Waals surface area contributed by atoms with Gasteiger partial charge < -0.3 is 15.3 Å². The SMILES string of the molecule is O=C(O)C1CCCN(C(=O)Nc2cccc(CSC3CCCCC3)c2)C1. The van der Waals surface area contributed by atoms with Gasteiger partial charge >= 0.3 is 12.0 Å². The maximum absolute atomic E-state index is 12.5. The molecule has 1 aliphatic heterocycles. The van der Waals surface area contributed by atoms with Crippen molar-refractivity contribution in [2.45, 2.75) is 55.9 Å². The Morgan fingerprint density at radius 3 is 2.73 bits per heavy atom. The molecule has 2 amide bonds. The number of amides is 2. The van der Waals surface area contributed by atoms with Gasteiger partial charge in [0.15, 0.2) is 0 Å². The first kappa shape index (κ1) is 19.1. The van der Waals surface area contributed by atoms with E-state index >= 15 is 0 Å². The Hall–Kier alpha value is -1.69. The molecular weight excluding hydrogens is 348 g/mol. The van der Waals surface area contributed by atoms with Crippen molar-refractivity contribution in [3.8, 4) is 0 Å². The van der Waals surface area contributed by atoms with Crippen molar-refractivity contribution in [3.05, 3.63) is 29.8 Å². The fourth-order valence-corrected chi connectivity index (χ4v) is 5.02. The fraction of sp³-hybridized carbons (Fsp3) is 0.600. The van der Waals surface area contributed by atoms with Gasteiger partial charge in [0.05, 0.1) is 5.92 Å². The maximum atomic E-state index is 12.5. The Morgan fingerprint density at radius 1 is 1.15 bits per heavy atom. The van der Waals surface area contributed by atoms with E-state index in [0.29, 0.717) is 19.5 Å². The second-order valence-electron chi connectivity index (χ2n) is 7.32. The highest BCUT2D eigenvalue weighted by molar-refractivity contribution is 7.99. The van der Waals surface area contributed by atoms with E-state index in [2.05, 4.69) is 11.4 Å². The molecule has 1 aromatic carbocycles. The third-order valence-corrected chi connectivity index (χ3v) is 6.72. The quantitative estimate of drug-likeness (QED) is 0.789. The number of anilines is 1. The summed E-state index contributed by atoms with van der Waals surface area (Å²) in [5, 5.41) is 12.9. The number of piperidine rings is 1. The minimum absolute atomic E-state index is 0.201. The highest BCUT2D eigenvalue weighted by Crippen LogP contribution is 2.31. The smallest absolute Gasteiger partial charge is 0.321 e. The number of carbonyl (C=O) groups is 2. The van der Waals surface area contributed by atoms with Crippen molar-refractivity contribution in [2.24, 2.45) is 5.92 Å². The van der Waals surface area contributed by atoms with Gasteiger partial charge in [-0.2, -0.15) is 11.8 Å². The van der Waals surface area contributed by atoms with Gasteiger partial charge in [-0.25, -0.2) is 4.79 Å². The second kappa shape index (κ2) is 9.31. The summed E-state index contributed by atoms with van der Waals surface area (Å²) in [6.07, 6.45) is 8.09. The summed E-state index contributed by atoms with van der Waals surface area (Å²) >= 11 is 2.02. The number of thioether (sulfide) groups is 1. The molecule has 6 heteroatoms. The number of likely N-dealkylation sites (tertiary alicyclic amines) is 1. The number of nitrogens with zero attached hydrogens (tertiary/aromatic N) is 1. The summed E-state index contributed by atoms with van der Waals surface area (Å²) in [6, 6.07) is 7.81. The van der Waals surface area contributed by atoms with Crippen LogP contribution in [0.5, 0.6) is 0 Å². The molecule has 1 unspecified atom stereocenters. The Kier molecular flexibility index (Phi) is 6.83. The lowest BCUT2D eigenvalue weighted by molar-refractivity contribution is -0.143. The van der Waals surface area contributed by atoms with Gasteiger partial charge in [0, 0.05) is 29.8 Å². The van der Waals surface area contributed by atoms with Crippen LogP contribution in [0.1, 0.15) is 50.5 Å². The van der Waals surface area contributed by atoms with Gasteiger partial charge in [0.1, 0.15) is 0 Å². The number of hydrogen-bond donors (Lipinski definition) is 2. The lowest BCUT2D eigenvalue weighted by atomic mass is 9.99. The third kappa shape index (κ3) is 5.40. The van der Waals surface area contributed by atoms with Gasteiger partial charge in [0.25, 0.3) is 0 Å². The molecule has 0 radical (unpaired) electrons. The standard InChI is InChI=1S/C20H28N2O3S/c23-19(24)16-7-5-11-22(13-16)20(25)21-17-8-4-6-15(12-17)14-26-18-9-2-1-3-10-18/h4,6,8,12,16,18H,1-3,5,7,9-11,13-14H2,(H,21,25)(H,23,24). The zero-order valence-corrected chi connectivity index (χ0v) is 16.0. The molecule has 2 N–H and O–H groups in total. The largest absolute Gasteiger partial charge is 0.481 e. The average molecular weight is 377 g/mol. The van der Waals surface area contributed by atoms with Crippen LogP contribution >= 0.6 is 11.8 Å². The van der Waals surface area contributed by atoms with Gasteiger partial charge in [-0.3, -0.25) is 4.79 Å². The van der Waals surface area contributed by atoms with Gasteiger partial charge in [-0.1, -0.05) is 31.4 Å². The molecule has 142 valence electrons. The first-order valence-corrected chi connectivity index (χ1v) is 10.7. The normalized spacial score (nSPS) is 21.4. The number of carboxylic acid groups (broad SMARTS) is 1. The lowest BCUT2D eigenvalue weighted by Crippen LogP contribution is -2.44. The van der Waals surface area contributed by atoms with E-state index < -0.39 is 11.9 Å². The monoisotopic (exact) mass is 376 g/mol. The maximum Gasteiger partial charge on any atom is 0.321 e. The van der Waals surface area contributed by atoms with E-state index in [0.717, 1.165) is 23.1 Å². The van der Waals surface area contributed by atoms with Crippen LogP contribution < -0.4 is 5.32 Å². The third-order valence-electron chi connectivity index (χ3n) is 5.27. The first-order valence-electron chi connectivity index (χ1n) is 9.61. The summed E-state index contributed by atoms with van der Waals surface area (Å²) in [7, 11) is 0. The van der Waals surface area contributed by atoms with E-state index in [1.807, 2.05) is 30.0 Å². The van der Waals surface area contributed by atoms with Crippen molar-refractivity contribution in [1.29, 1.82) is 0 Å². The molecule has 0 bridgehead atoms. The molecule has 1 saturated carbocycles. The number of nitrogens with one attached hydrogen (secondary N) is 1. The van der Waals surface area contributed by atoms with Crippen molar-refractivity contribution in [3.63, 3.8) is 0 Å². The Bertz CT molecular complexity index is 631. The number of aliphatic carboxylic acids is 1. The number of rotatable bonds is 5. The molecule has 2 aliphatic rings. The minimum Gasteiger partial charge on any atom is -0.481 e. The van der Waals surface area contributed by atoms with E-state index in [4.69, 9.17) is 5.11 Å². The van der Waals surface area contributed by atoms with E-state index in [-0.39, 0.29) is 6.03 Å². The number of benzene rings is 1. The number of carboxylic acids is 1. The lowest BCUT2D eigenvalue weighted by Gasteiger charge is -2.30. The van der Waals surface area contributed by atoms with Crippen molar-refractivity contribution >= 4 is 29.4 Å². The summed E-state index contributed by atoms with van der Waals surface area (Å²) in [4.78, 5) is 25.3. The molecule has 1 saturated heterocycles. The predicted octanol–water partition coefficient (Wildman–Crippen LogP) is 4.58. The number of hydrogen-bond acceptors (Lipinski definition) is 3. The molecule has 0 aromatic heterocycles. The van der Waals surface area contributed by atoms with Gasteiger partial charge in [-0.05, 0) is 43.4 Å². The minimum atomic E-state index is -0.816. The average Bonchev–Trinajstić information content (AvgIpc) is 2.67. The second-order valence-corrected chi connectivity index (χ2v) is 8.61. The molecule has 26 heavy (non-hydrogen) atoms. The summed E-state index contributed by atoms with van der Waals surface area (Å²) in [5.41, 5.74) is 2.01. The van der Waals surface area contributed by atoms with Gasteiger partial charge in [-0.15, -0.1) is 0 Å². The molecule has 0 spiro atoms. The van der Waals surface area contributed by atoms with E-state index in [1.165, 1.54) is 37.7 Å². The molecule has 1 heterocycles. The van der Waals surface area contributed by atoms with Crippen molar-refractivity contribution in [1.82, 2.24) is 4.90 Å². The Balaban J connectivity index is 1.52. The molecule has 2 fully saturated rings. The van der Waals surface area contributed by atoms with Gasteiger partial charge in [0.2, 0.25) is 0 Å². The highest BCUT2D eigenvalue weighted by Gasteiger charge is 2.28. The Morgan fingerprint density at radius 2 is 1.96 bits per heavy atom. The Labute approximate surface area is 159 Å². The van der Waals surface area contributed by atoms with Crippen LogP contribution in [0.3, 0.4) is 0 Å². The zero-order valence-electron chi connectivity index (χ0n) is 15.2. The summed E-state index contributed by atoms with van der Waals surface area (Å²) < 4.78 is 0.